The van der Waals surface area contributed by atoms with Crippen molar-refractivity contribution in [3.63, 3.8) is 0 Å². The van der Waals surface area contributed by atoms with Gasteiger partial charge in [0.05, 0.1) is 12.2 Å². The summed E-state index contributed by atoms with van der Waals surface area (Å²) < 4.78 is 36.1. The molecule has 2 aromatic carbocycles. The molecule has 2 fully saturated rings. The Hall–Kier alpha value is -2.93. The zero-order valence-corrected chi connectivity index (χ0v) is 20.1. The van der Waals surface area contributed by atoms with Gasteiger partial charge in [0.25, 0.3) is 0 Å². The van der Waals surface area contributed by atoms with Crippen LogP contribution in [0.25, 0.3) is 11.1 Å². The largest absolute Gasteiger partial charge is 0.456 e. The highest BCUT2D eigenvalue weighted by Crippen LogP contribution is 2.46. The summed E-state index contributed by atoms with van der Waals surface area (Å²) in [4.78, 5) is 2.51. The van der Waals surface area contributed by atoms with Gasteiger partial charge >= 0.3 is 0 Å². The number of hydrogen-bond donors (Lipinski definition) is 1. The number of rotatable bonds is 6. The van der Waals surface area contributed by atoms with Crippen molar-refractivity contribution in [3.05, 3.63) is 59.9 Å². The molecule has 0 unspecified atom stereocenters. The Morgan fingerprint density at radius 3 is 2.63 bits per heavy atom. The van der Waals surface area contributed by atoms with Crippen LogP contribution in [0.5, 0.6) is 11.5 Å². The summed E-state index contributed by atoms with van der Waals surface area (Å²) in [5.74, 6) is 0.0153. The summed E-state index contributed by atoms with van der Waals surface area (Å²) >= 11 is 0. The minimum Gasteiger partial charge on any atom is -0.456 e. The van der Waals surface area contributed by atoms with Crippen molar-refractivity contribution in [3.8, 4) is 22.6 Å². The van der Waals surface area contributed by atoms with Crippen LogP contribution in [-0.2, 0) is 6.42 Å². The second-order valence-electron chi connectivity index (χ2n) is 10.3. The lowest BCUT2D eigenvalue weighted by Crippen LogP contribution is -2.38. The zero-order valence-electron chi connectivity index (χ0n) is 20.1. The Bertz CT molecular complexity index is 1220. The first kappa shape index (κ1) is 22.5. The Labute approximate surface area is 205 Å². The lowest BCUT2D eigenvalue weighted by molar-refractivity contribution is 0.343. The number of nitrogens with zero attached hydrogens (tertiary/aromatic N) is 3. The molecule has 2 aliphatic heterocycles. The van der Waals surface area contributed by atoms with Gasteiger partial charge in [-0.15, -0.1) is 0 Å². The van der Waals surface area contributed by atoms with E-state index in [1.54, 1.807) is 0 Å². The van der Waals surface area contributed by atoms with E-state index >= 15 is 0 Å². The molecule has 3 heterocycles. The molecule has 3 aromatic rings. The van der Waals surface area contributed by atoms with E-state index in [4.69, 9.17) is 9.84 Å². The van der Waals surface area contributed by atoms with Crippen LogP contribution in [0, 0.1) is 17.6 Å². The van der Waals surface area contributed by atoms with Crippen molar-refractivity contribution in [1.29, 1.82) is 0 Å². The normalized spacial score (nSPS) is 20.7. The molecule has 5 nitrogen and oxygen atoms in total. The molecule has 0 bridgehead atoms. The highest BCUT2D eigenvalue weighted by atomic mass is 19.2. The number of piperidine rings is 1. The average Bonchev–Trinajstić information content (AvgIpc) is 3.56. The number of benzene rings is 2. The molecule has 6 rings (SSSR count). The van der Waals surface area contributed by atoms with Gasteiger partial charge in [0.2, 0.25) is 0 Å². The number of aromatic nitrogens is 2. The molecule has 1 aromatic heterocycles. The highest BCUT2D eigenvalue weighted by molar-refractivity contribution is 5.78. The Morgan fingerprint density at radius 2 is 1.86 bits per heavy atom. The fourth-order valence-corrected chi connectivity index (χ4v) is 5.48. The van der Waals surface area contributed by atoms with Crippen molar-refractivity contribution in [2.45, 2.75) is 57.5 Å². The monoisotopic (exact) mass is 478 g/mol. The lowest BCUT2D eigenvalue weighted by atomic mass is 9.92. The van der Waals surface area contributed by atoms with Gasteiger partial charge in [-0.2, -0.15) is 5.10 Å². The molecule has 1 atom stereocenters. The molecule has 35 heavy (non-hydrogen) atoms. The van der Waals surface area contributed by atoms with E-state index in [2.05, 4.69) is 40.2 Å². The Balaban J connectivity index is 1.42. The van der Waals surface area contributed by atoms with Crippen molar-refractivity contribution < 1.29 is 13.5 Å². The van der Waals surface area contributed by atoms with Gasteiger partial charge in [0, 0.05) is 47.2 Å². The number of fused-ring (bicyclic) bond motifs is 1. The van der Waals surface area contributed by atoms with Crippen LogP contribution in [0.1, 0.15) is 50.6 Å². The van der Waals surface area contributed by atoms with Crippen molar-refractivity contribution in [2.75, 3.05) is 24.5 Å². The van der Waals surface area contributed by atoms with Crippen LogP contribution in [0.2, 0.25) is 0 Å². The molecule has 184 valence electrons. The quantitative estimate of drug-likeness (QED) is 0.465. The number of nitrogens with one attached hydrogen (secondary N) is 1. The van der Waals surface area contributed by atoms with Crippen molar-refractivity contribution in [1.82, 2.24) is 15.1 Å². The fourth-order valence-electron chi connectivity index (χ4n) is 5.48. The standard InChI is InChI=1S/C28H32F2N4O/c1-18-2-6-24-27(33(18)16-19-3-4-19)9-7-23(28(24)35-22-5-8-25(29)26(30)14-22)20-15-32-34(17-20)21-10-12-31-13-11-21/h5,7-9,14-15,17-19,21,31H,2-4,6,10-13,16H2,1H3/t18-/m0/s1. The SMILES string of the molecule is C[C@H]1CCc2c(ccc(-c3cnn(C4CCNCC4)c3)c2Oc2ccc(F)c(F)c2)N1CC1CC1. The summed E-state index contributed by atoms with van der Waals surface area (Å²) in [6.07, 6.45) is 10.6. The van der Waals surface area contributed by atoms with E-state index in [1.165, 1.54) is 24.6 Å². The number of anilines is 1. The predicted octanol–water partition coefficient (Wildman–Crippen LogP) is 6.10. The Morgan fingerprint density at radius 1 is 1.03 bits per heavy atom. The first-order valence-corrected chi connectivity index (χ1v) is 12.9. The Kier molecular flexibility index (Phi) is 5.96. The van der Waals surface area contributed by atoms with Crippen molar-refractivity contribution >= 4 is 5.69 Å². The van der Waals surface area contributed by atoms with Crippen LogP contribution in [-0.4, -0.2) is 35.5 Å². The van der Waals surface area contributed by atoms with Gasteiger partial charge in [-0.25, -0.2) is 8.78 Å². The van der Waals surface area contributed by atoms with Crippen LogP contribution < -0.4 is 15.0 Å². The molecule has 1 N–H and O–H groups in total. The maximum absolute atomic E-state index is 14.0. The molecule has 0 radical (unpaired) electrons. The summed E-state index contributed by atoms with van der Waals surface area (Å²) in [5.41, 5.74) is 4.26. The van der Waals surface area contributed by atoms with Crippen LogP contribution in [0.4, 0.5) is 14.5 Å². The van der Waals surface area contributed by atoms with Gasteiger partial charge in [0.15, 0.2) is 11.6 Å². The highest BCUT2D eigenvalue weighted by Gasteiger charge is 2.32. The minimum absolute atomic E-state index is 0.302. The summed E-state index contributed by atoms with van der Waals surface area (Å²) in [5, 5.41) is 8.09. The van der Waals surface area contributed by atoms with Crippen LogP contribution >= 0.6 is 0 Å². The third kappa shape index (κ3) is 4.54. The van der Waals surface area contributed by atoms with Gasteiger partial charge in [0.1, 0.15) is 11.5 Å². The molecule has 0 amide bonds. The van der Waals surface area contributed by atoms with Gasteiger partial charge < -0.3 is 15.0 Å². The first-order valence-electron chi connectivity index (χ1n) is 12.9. The summed E-state index contributed by atoms with van der Waals surface area (Å²) in [6.45, 7) is 5.35. The van der Waals surface area contributed by atoms with E-state index in [1.807, 2.05) is 6.20 Å². The molecule has 3 aliphatic rings. The number of halogens is 2. The van der Waals surface area contributed by atoms with Gasteiger partial charge in [-0.05, 0) is 88.7 Å². The topological polar surface area (TPSA) is 42.3 Å². The molecule has 1 saturated heterocycles. The maximum atomic E-state index is 14.0. The van der Waals surface area contributed by atoms with E-state index in [0.29, 0.717) is 17.8 Å². The number of hydrogen-bond acceptors (Lipinski definition) is 4. The van der Waals surface area contributed by atoms with Crippen LogP contribution in [0.15, 0.2) is 42.7 Å². The number of ether oxygens (including phenoxy) is 1. The third-order valence-electron chi connectivity index (χ3n) is 7.75. The van der Waals surface area contributed by atoms with Crippen molar-refractivity contribution in [2.24, 2.45) is 5.92 Å². The molecular weight excluding hydrogens is 446 g/mol. The predicted molar refractivity (Wildman–Crippen MR) is 133 cm³/mol. The van der Waals surface area contributed by atoms with Gasteiger partial charge in [-0.1, -0.05) is 0 Å². The average molecular weight is 479 g/mol. The fraction of sp³-hybridized carbons (Fsp3) is 0.464. The van der Waals surface area contributed by atoms with E-state index in [-0.39, 0.29) is 0 Å². The molecule has 0 spiro atoms. The molecule has 7 heteroatoms. The zero-order chi connectivity index (χ0) is 23.9. The second-order valence-corrected chi connectivity index (χ2v) is 10.3. The lowest BCUT2D eigenvalue weighted by Gasteiger charge is -2.38. The van der Waals surface area contributed by atoms with E-state index < -0.39 is 11.6 Å². The van der Waals surface area contributed by atoms with E-state index in [0.717, 1.165) is 85.8 Å². The minimum atomic E-state index is -0.906. The summed E-state index contributed by atoms with van der Waals surface area (Å²) in [7, 11) is 0. The molecular formula is C28H32F2N4O. The smallest absolute Gasteiger partial charge is 0.162 e. The first-order chi connectivity index (χ1) is 17.1. The third-order valence-corrected chi connectivity index (χ3v) is 7.75. The second kappa shape index (κ2) is 9.26. The maximum Gasteiger partial charge on any atom is 0.162 e. The van der Waals surface area contributed by atoms with Gasteiger partial charge in [-0.3, -0.25) is 4.68 Å². The molecule has 1 aliphatic carbocycles. The van der Waals surface area contributed by atoms with E-state index in [9.17, 15) is 8.78 Å². The summed E-state index contributed by atoms with van der Waals surface area (Å²) in [6, 6.07) is 8.91. The van der Waals surface area contributed by atoms with Crippen LogP contribution in [0.3, 0.4) is 0 Å². The molecule has 1 saturated carbocycles.